The molecule has 3 rings (SSSR count). The molecule has 7 nitrogen and oxygen atoms in total. The number of benzene rings is 2. The summed E-state index contributed by atoms with van der Waals surface area (Å²) in [6, 6.07) is 10.2. The number of carbonyl (C=O) groups is 1. The Hall–Kier alpha value is -2.84. The zero-order chi connectivity index (χ0) is 21.8. The van der Waals surface area contributed by atoms with Gasteiger partial charge in [-0.15, -0.1) is 0 Å². The first kappa shape index (κ1) is 21.9. The molecule has 0 aliphatic heterocycles. The van der Waals surface area contributed by atoms with Crippen LogP contribution in [0.2, 0.25) is 0 Å². The van der Waals surface area contributed by atoms with Gasteiger partial charge >= 0.3 is 0 Å². The van der Waals surface area contributed by atoms with Gasteiger partial charge < -0.3 is 4.90 Å². The van der Waals surface area contributed by atoms with Crippen LogP contribution in [0.25, 0.3) is 10.2 Å². The van der Waals surface area contributed by atoms with Gasteiger partial charge in [-0.3, -0.25) is 19.8 Å². The Kier molecular flexibility index (Phi) is 6.79. The molecule has 0 fully saturated rings. The molecule has 0 unspecified atom stereocenters. The van der Waals surface area contributed by atoms with Crippen LogP contribution in [-0.2, 0) is 0 Å². The van der Waals surface area contributed by atoms with Gasteiger partial charge in [0.25, 0.3) is 11.6 Å². The monoisotopic (exact) mass is 426 g/mol. The Labute approximate surface area is 180 Å². The van der Waals surface area contributed by atoms with Crippen LogP contribution in [-0.4, -0.2) is 46.9 Å². The van der Waals surface area contributed by atoms with E-state index in [1.54, 1.807) is 17.0 Å². The molecule has 0 aliphatic carbocycles. The summed E-state index contributed by atoms with van der Waals surface area (Å²) in [5.41, 5.74) is 3.02. The second-order valence-corrected chi connectivity index (χ2v) is 8.17. The van der Waals surface area contributed by atoms with Crippen LogP contribution in [0.4, 0.5) is 10.8 Å². The topological polar surface area (TPSA) is 79.6 Å². The van der Waals surface area contributed by atoms with Gasteiger partial charge in [-0.05, 0) is 56.3 Å². The van der Waals surface area contributed by atoms with Crippen LogP contribution in [0.1, 0.15) is 35.3 Å². The summed E-state index contributed by atoms with van der Waals surface area (Å²) in [6.45, 7) is 11.0. The van der Waals surface area contributed by atoms with Gasteiger partial charge in [0.15, 0.2) is 5.13 Å². The molecule has 2 aromatic carbocycles. The number of carbonyl (C=O) groups excluding carboxylic acids is 1. The van der Waals surface area contributed by atoms with E-state index in [1.165, 1.54) is 23.5 Å². The molecular formula is C22H26N4O3S. The largest absolute Gasteiger partial charge is 0.302 e. The first-order valence-electron chi connectivity index (χ1n) is 10.0. The lowest BCUT2D eigenvalue weighted by molar-refractivity contribution is -0.385. The number of likely N-dealkylation sites (N-methyl/N-ethyl adjacent to an activating group) is 1. The Morgan fingerprint density at radius 3 is 2.43 bits per heavy atom. The van der Waals surface area contributed by atoms with E-state index in [-0.39, 0.29) is 11.3 Å². The minimum Gasteiger partial charge on any atom is -0.302 e. The Morgan fingerprint density at radius 1 is 1.10 bits per heavy atom. The number of anilines is 1. The van der Waals surface area contributed by atoms with Gasteiger partial charge in [0.05, 0.1) is 15.1 Å². The van der Waals surface area contributed by atoms with Crippen molar-refractivity contribution in [1.29, 1.82) is 0 Å². The number of fused-ring (bicyclic) bond motifs is 1. The van der Waals surface area contributed by atoms with Crippen LogP contribution in [0.3, 0.4) is 0 Å². The summed E-state index contributed by atoms with van der Waals surface area (Å²) in [7, 11) is 0. The van der Waals surface area contributed by atoms with Crippen molar-refractivity contribution in [2.45, 2.75) is 27.7 Å². The molecule has 1 heterocycles. The van der Waals surface area contributed by atoms with Crippen LogP contribution < -0.4 is 4.90 Å². The second kappa shape index (κ2) is 9.32. The van der Waals surface area contributed by atoms with Crippen molar-refractivity contribution < 1.29 is 9.72 Å². The van der Waals surface area contributed by atoms with E-state index in [0.717, 1.165) is 34.4 Å². The molecule has 0 saturated heterocycles. The minimum absolute atomic E-state index is 0.0775. The highest BCUT2D eigenvalue weighted by atomic mass is 32.1. The van der Waals surface area contributed by atoms with Crippen LogP contribution in [0.15, 0.2) is 36.4 Å². The molecule has 30 heavy (non-hydrogen) atoms. The van der Waals surface area contributed by atoms with Gasteiger partial charge in [0.1, 0.15) is 5.56 Å². The Balaban J connectivity index is 2.05. The molecule has 3 aromatic rings. The zero-order valence-corrected chi connectivity index (χ0v) is 18.5. The number of nitro groups is 1. The lowest BCUT2D eigenvalue weighted by Gasteiger charge is -2.24. The molecule has 158 valence electrons. The number of aromatic nitrogens is 1. The van der Waals surface area contributed by atoms with Crippen LogP contribution >= 0.6 is 11.3 Å². The standard InChI is InChI=1S/C22H26N4O3S/c1-5-24(6-2)11-12-25(21(27)17-9-7-8-10-19(17)26(28)29)22-23-18-13-15(3)16(4)14-20(18)30-22/h7-10,13-14H,5-6,11-12H2,1-4H3. The number of amides is 1. The Bertz CT molecular complexity index is 1040. The van der Waals surface area contributed by atoms with Gasteiger partial charge in [-0.25, -0.2) is 4.98 Å². The smallest absolute Gasteiger partial charge is 0.282 e. The second-order valence-electron chi connectivity index (χ2n) is 7.16. The van der Waals surface area contributed by atoms with E-state index in [0.29, 0.717) is 18.2 Å². The number of thiazole rings is 1. The quantitative estimate of drug-likeness (QED) is 0.381. The van der Waals surface area contributed by atoms with E-state index in [4.69, 9.17) is 4.98 Å². The summed E-state index contributed by atoms with van der Waals surface area (Å²) < 4.78 is 0.997. The average molecular weight is 427 g/mol. The molecule has 1 aromatic heterocycles. The fourth-order valence-corrected chi connectivity index (χ4v) is 4.38. The van der Waals surface area contributed by atoms with E-state index >= 15 is 0 Å². The molecule has 8 heteroatoms. The van der Waals surface area contributed by atoms with Gasteiger partial charge in [0, 0.05) is 19.2 Å². The first-order chi connectivity index (χ1) is 14.3. The lowest BCUT2D eigenvalue weighted by atomic mass is 10.1. The van der Waals surface area contributed by atoms with Crippen molar-refractivity contribution in [1.82, 2.24) is 9.88 Å². The molecule has 1 amide bonds. The molecular weight excluding hydrogens is 400 g/mol. The molecule has 0 N–H and O–H groups in total. The number of hydrogen-bond acceptors (Lipinski definition) is 6. The first-order valence-corrected chi connectivity index (χ1v) is 10.8. The van der Waals surface area contributed by atoms with Gasteiger partial charge in [0.2, 0.25) is 0 Å². The van der Waals surface area contributed by atoms with Crippen molar-refractivity contribution in [3.05, 3.63) is 63.2 Å². The zero-order valence-electron chi connectivity index (χ0n) is 17.7. The number of para-hydroxylation sites is 1. The minimum atomic E-state index is -0.513. The number of nitro benzene ring substituents is 1. The van der Waals surface area contributed by atoms with E-state index < -0.39 is 10.8 Å². The molecule has 0 atom stereocenters. The maximum Gasteiger partial charge on any atom is 0.282 e. The van der Waals surface area contributed by atoms with Crippen LogP contribution in [0.5, 0.6) is 0 Å². The highest BCUT2D eigenvalue weighted by molar-refractivity contribution is 7.22. The summed E-state index contributed by atoms with van der Waals surface area (Å²) in [5, 5.41) is 12.0. The van der Waals surface area contributed by atoms with Gasteiger partial charge in [-0.2, -0.15) is 0 Å². The van der Waals surface area contributed by atoms with Gasteiger partial charge in [-0.1, -0.05) is 37.3 Å². The van der Waals surface area contributed by atoms with E-state index in [9.17, 15) is 14.9 Å². The predicted octanol–water partition coefficient (Wildman–Crippen LogP) is 4.81. The number of hydrogen-bond donors (Lipinski definition) is 0. The maximum absolute atomic E-state index is 13.4. The predicted molar refractivity (Wildman–Crippen MR) is 122 cm³/mol. The summed E-state index contributed by atoms with van der Waals surface area (Å²) in [5.74, 6) is -0.401. The SMILES string of the molecule is CCN(CC)CCN(C(=O)c1ccccc1[N+](=O)[O-])c1nc2cc(C)c(C)cc2s1. The maximum atomic E-state index is 13.4. The lowest BCUT2D eigenvalue weighted by Crippen LogP contribution is -2.39. The van der Waals surface area contributed by atoms with Crippen LogP contribution in [0, 0.1) is 24.0 Å². The van der Waals surface area contributed by atoms with E-state index in [2.05, 4.69) is 24.8 Å². The third kappa shape index (κ3) is 4.49. The van der Waals surface area contributed by atoms with Crippen molar-refractivity contribution >= 4 is 38.3 Å². The molecule has 0 aliphatic rings. The van der Waals surface area contributed by atoms with E-state index in [1.807, 2.05) is 19.9 Å². The highest BCUT2D eigenvalue weighted by Crippen LogP contribution is 2.32. The molecule has 0 spiro atoms. The fourth-order valence-electron chi connectivity index (χ4n) is 3.31. The molecule has 0 bridgehead atoms. The van der Waals surface area contributed by atoms with Crippen molar-refractivity contribution in [3.63, 3.8) is 0 Å². The van der Waals surface area contributed by atoms with Crippen molar-refractivity contribution in [2.75, 3.05) is 31.1 Å². The highest BCUT2D eigenvalue weighted by Gasteiger charge is 2.27. The number of nitrogens with zero attached hydrogens (tertiary/aromatic N) is 4. The average Bonchev–Trinajstić information content (AvgIpc) is 3.13. The molecule has 0 saturated carbocycles. The Morgan fingerprint density at radius 2 is 1.77 bits per heavy atom. The normalized spacial score (nSPS) is 11.2. The number of aryl methyl sites for hydroxylation is 2. The number of rotatable bonds is 8. The van der Waals surface area contributed by atoms with Crippen molar-refractivity contribution in [2.24, 2.45) is 0 Å². The third-order valence-corrected chi connectivity index (χ3v) is 6.38. The fraction of sp³-hybridized carbons (Fsp3) is 0.364. The van der Waals surface area contributed by atoms with Crippen molar-refractivity contribution in [3.8, 4) is 0 Å². The summed E-state index contributed by atoms with van der Waals surface area (Å²) in [4.78, 5) is 32.9. The summed E-state index contributed by atoms with van der Waals surface area (Å²) >= 11 is 1.44. The third-order valence-electron chi connectivity index (χ3n) is 5.33. The summed E-state index contributed by atoms with van der Waals surface area (Å²) in [6.07, 6.45) is 0. The molecule has 0 radical (unpaired) electrons.